The lowest BCUT2D eigenvalue weighted by molar-refractivity contribution is -0.0366. The average Bonchev–Trinajstić information content (AvgIpc) is 3.66. The maximum Gasteiger partial charge on any atom is 0.337 e. The second-order valence-electron chi connectivity index (χ2n) is 12.2. The molecule has 46 heavy (non-hydrogen) atoms. The molecule has 5 aromatic rings. The summed E-state index contributed by atoms with van der Waals surface area (Å²) in [5.41, 5.74) is 5.65. The first-order valence-electron chi connectivity index (χ1n) is 15.7. The van der Waals surface area contributed by atoms with Crippen molar-refractivity contribution in [3.05, 3.63) is 93.6 Å². The summed E-state index contributed by atoms with van der Waals surface area (Å²) in [7, 11) is 3.29. The number of esters is 1. The van der Waals surface area contributed by atoms with E-state index in [2.05, 4.69) is 38.6 Å². The molecule has 0 aliphatic carbocycles. The van der Waals surface area contributed by atoms with E-state index < -0.39 is 11.8 Å². The van der Waals surface area contributed by atoms with Gasteiger partial charge in [-0.25, -0.2) is 18.9 Å². The third-order valence-electron chi connectivity index (χ3n) is 9.54. The second-order valence-corrected chi connectivity index (χ2v) is 12.2. The molecule has 0 amide bonds. The molecule has 2 atom stereocenters. The van der Waals surface area contributed by atoms with Crippen LogP contribution in [0, 0.1) is 12.7 Å². The van der Waals surface area contributed by atoms with Crippen LogP contribution in [0.3, 0.4) is 0 Å². The highest BCUT2D eigenvalue weighted by Gasteiger charge is 2.26. The SMILES string of the molecule is COC(=O)c1cc(C)c(C2=CCN([C@H](C)c3cc4c(-n5ccc6c(cnn6C6CCCCO6)c5=O)ccnc4n3C)CC2)c(F)c1. The number of pyridine rings is 2. The molecule has 2 aliphatic heterocycles. The first-order valence-corrected chi connectivity index (χ1v) is 15.7. The van der Waals surface area contributed by atoms with Crippen LogP contribution in [0.25, 0.3) is 33.2 Å². The van der Waals surface area contributed by atoms with Gasteiger partial charge in [0.05, 0.1) is 35.5 Å². The molecule has 6 heterocycles. The van der Waals surface area contributed by atoms with Gasteiger partial charge in [0, 0.05) is 61.8 Å². The molecular weight excluding hydrogens is 587 g/mol. The number of carbonyl (C=O) groups is 1. The van der Waals surface area contributed by atoms with Gasteiger partial charge in [-0.3, -0.25) is 14.3 Å². The van der Waals surface area contributed by atoms with E-state index in [0.29, 0.717) is 36.1 Å². The van der Waals surface area contributed by atoms with Gasteiger partial charge in [-0.1, -0.05) is 6.08 Å². The van der Waals surface area contributed by atoms with Crippen LogP contribution in [0.5, 0.6) is 0 Å². The molecule has 0 N–H and O–H groups in total. The maximum atomic E-state index is 15.2. The van der Waals surface area contributed by atoms with Gasteiger partial charge in [0.15, 0.2) is 6.23 Å². The van der Waals surface area contributed by atoms with Crippen molar-refractivity contribution < 1.29 is 18.7 Å². The Morgan fingerprint density at radius 2 is 2.02 bits per heavy atom. The highest BCUT2D eigenvalue weighted by molar-refractivity contribution is 5.90. The van der Waals surface area contributed by atoms with Gasteiger partial charge in [0.1, 0.15) is 11.5 Å². The van der Waals surface area contributed by atoms with Crippen molar-refractivity contribution in [1.29, 1.82) is 0 Å². The van der Waals surface area contributed by atoms with Gasteiger partial charge < -0.3 is 14.0 Å². The van der Waals surface area contributed by atoms with E-state index in [1.807, 2.05) is 37.0 Å². The molecule has 238 valence electrons. The summed E-state index contributed by atoms with van der Waals surface area (Å²) in [6, 6.07) is 8.89. The number of benzene rings is 1. The molecule has 0 radical (unpaired) electrons. The molecule has 1 fully saturated rings. The lowest BCUT2D eigenvalue weighted by Gasteiger charge is -2.32. The fraction of sp³-hybridized carbons (Fsp3) is 0.371. The first kappa shape index (κ1) is 30.1. The van der Waals surface area contributed by atoms with Crippen molar-refractivity contribution in [1.82, 2.24) is 28.8 Å². The Balaban J connectivity index is 1.17. The Kier molecular flexibility index (Phi) is 7.82. The number of aromatic nitrogens is 5. The summed E-state index contributed by atoms with van der Waals surface area (Å²) in [5.74, 6) is -0.964. The van der Waals surface area contributed by atoms with Crippen LogP contribution in [0.15, 0.2) is 59.8 Å². The van der Waals surface area contributed by atoms with Crippen molar-refractivity contribution in [2.24, 2.45) is 7.05 Å². The van der Waals surface area contributed by atoms with Crippen molar-refractivity contribution in [2.45, 2.75) is 51.8 Å². The maximum absolute atomic E-state index is 15.2. The van der Waals surface area contributed by atoms with Crippen LogP contribution in [0.2, 0.25) is 0 Å². The van der Waals surface area contributed by atoms with Gasteiger partial charge in [0.25, 0.3) is 5.56 Å². The van der Waals surface area contributed by atoms with E-state index in [4.69, 9.17) is 9.47 Å². The molecule has 11 heteroatoms. The highest BCUT2D eigenvalue weighted by Crippen LogP contribution is 2.34. The van der Waals surface area contributed by atoms with E-state index in [0.717, 1.165) is 59.3 Å². The largest absolute Gasteiger partial charge is 0.465 e. The predicted molar refractivity (Wildman–Crippen MR) is 174 cm³/mol. The highest BCUT2D eigenvalue weighted by atomic mass is 19.1. The summed E-state index contributed by atoms with van der Waals surface area (Å²) in [6.45, 7) is 6.05. The summed E-state index contributed by atoms with van der Waals surface area (Å²) in [5, 5.41) is 5.96. The number of hydrogen-bond donors (Lipinski definition) is 0. The van der Waals surface area contributed by atoms with E-state index in [1.54, 1.807) is 23.0 Å². The number of fused-ring (bicyclic) bond motifs is 2. The number of halogens is 1. The van der Waals surface area contributed by atoms with Crippen molar-refractivity contribution in [2.75, 3.05) is 26.8 Å². The molecule has 2 aliphatic rings. The summed E-state index contributed by atoms with van der Waals surface area (Å²) >= 11 is 0. The van der Waals surface area contributed by atoms with Crippen molar-refractivity contribution in [3.63, 3.8) is 0 Å². The number of aryl methyl sites for hydroxylation is 2. The topological polar surface area (TPSA) is 96.4 Å². The minimum absolute atomic E-state index is 0.0328. The lowest BCUT2D eigenvalue weighted by atomic mass is 9.93. The fourth-order valence-corrected chi connectivity index (χ4v) is 7.05. The summed E-state index contributed by atoms with van der Waals surface area (Å²) < 4.78 is 31.4. The summed E-state index contributed by atoms with van der Waals surface area (Å²) in [4.78, 5) is 32.7. The number of ether oxygens (including phenoxy) is 2. The Morgan fingerprint density at radius 1 is 1.17 bits per heavy atom. The third-order valence-corrected chi connectivity index (χ3v) is 9.54. The van der Waals surface area contributed by atoms with Crippen LogP contribution in [0.1, 0.15) is 72.1 Å². The lowest BCUT2D eigenvalue weighted by Crippen LogP contribution is -2.32. The molecule has 4 aromatic heterocycles. The van der Waals surface area contributed by atoms with E-state index in [9.17, 15) is 9.59 Å². The first-order chi connectivity index (χ1) is 22.3. The zero-order valence-electron chi connectivity index (χ0n) is 26.5. The standard InChI is InChI=1S/C35H37FN6O4/c1-21-17-24(35(44)45-4)18-27(36)32(21)23-9-13-40(14-10-23)22(2)30-19-25-28(8-12-37-33(25)39(30)3)41-15-11-29-26(34(41)43)20-38-42(29)31-7-5-6-16-46-31/h8-9,11-12,15,17-20,22,31H,5-7,10,13-14,16H2,1-4H3/t22-,31?/m1/s1. The number of rotatable bonds is 6. The predicted octanol–water partition coefficient (Wildman–Crippen LogP) is 5.86. The Bertz CT molecular complexity index is 2050. The average molecular weight is 625 g/mol. The van der Waals surface area contributed by atoms with Crippen molar-refractivity contribution in [3.8, 4) is 5.69 Å². The molecule has 0 saturated carbocycles. The minimum atomic E-state index is -0.551. The monoisotopic (exact) mass is 624 g/mol. The van der Waals surface area contributed by atoms with Gasteiger partial charge in [0.2, 0.25) is 0 Å². The number of hydrogen-bond acceptors (Lipinski definition) is 7. The number of methoxy groups -OCH3 is 1. The normalized spacial score (nSPS) is 18.2. The molecule has 1 unspecified atom stereocenters. The Morgan fingerprint density at radius 3 is 2.74 bits per heavy atom. The minimum Gasteiger partial charge on any atom is -0.465 e. The summed E-state index contributed by atoms with van der Waals surface area (Å²) in [6.07, 6.45) is 10.8. The Hall–Kier alpha value is -4.61. The molecule has 7 rings (SSSR count). The smallest absolute Gasteiger partial charge is 0.337 e. The molecule has 0 bridgehead atoms. The van der Waals surface area contributed by atoms with E-state index in [1.165, 1.54) is 13.2 Å². The van der Waals surface area contributed by atoms with Crippen LogP contribution < -0.4 is 5.56 Å². The van der Waals surface area contributed by atoms with Gasteiger partial charge in [-0.2, -0.15) is 5.10 Å². The fourth-order valence-electron chi connectivity index (χ4n) is 7.05. The van der Waals surface area contributed by atoms with Gasteiger partial charge >= 0.3 is 5.97 Å². The number of nitrogens with zero attached hydrogens (tertiary/aromatic N) is 6. The van der Waals surface area contributed by atoms with Gasteiger partial charge in [-0.05, 0) is 81.0 Å². The Labute approximate surface area is 265 Å². The quantitative estimate of drug-likeness (QED) is 0.219. The zero-order valence-corrected chi connectivity index (χ0v) is 26.5. The van der Waals surface area contributed by atoms with Crippen LogP contribution >= 0.6 is 0 Å². The molecule has 1 saturated heterocycles. The molecule has 1 aromatic carbocycles. The van der Waals surface area contributed by atoms with Crippen LogP contribution in [-0.2, 0) is 16.5 Å². The zero-order chi connectivity index (χ0) is 32.1. The third kappa shape index (κ3) is 5.03. The second kappa shape index (κ2) is 12.0. The van der Waals surface area contributed by atoms with E-state index in [-0.39, 0.29) is 23.4 Å². The molecule has 10 nitrogen and oxygen atoms in total. The van der Waals surface area contributed by atoms with Crippen LogP contribution in [0.4, 0.5) is 4.39 Å². The number of carbonyl (C=O) groups excluding carboxylic acids is 1. The molecular formula is C35H37FN6O4. The van der Waals surface area contributed by atoms with Gasteiger partial charge in [-0.15, -0.1) is 0 Å². The van der Waals surface area contributed by atoms with E-state index >= 15 is 4.39 Å². The molecule has 0 spiro atoms. The van der Waals surface area contributed by atoms with Crippen molar-refractivity contribution >= 4 is 33.5 Å². The van der Waals surface area contributed by atoms with Crippen LogP contribution in [-0.4, -0.2) is 61.6 Å².